The summed E-state index contributed by atoms with van der Waals surface area (Å²) in [5.74, 6) is 1.10. The Morgan fingerprint density at radius 2 is 2.42 bits per heavy atom. The molecule has 1 aromatic heterocycles. The van der Waals surface area contributed by atoms with Gasteiger partial charge in [-0.2, -0.15) is 0 Å². The van der Waals surface area contributed by atoms with Crippen molar-refractivity contribution in [3.8, 4) is 0 Å². The maximum Gasteiger partial charge on any atom is 0.272 e. The van der Waals surface area contributed by atoms with Gasteiger partial charge in [-0.25, -0.2) is 0 Å². The molecule has 1 atom stereocenters. The van der Waals surface area contributed by atoms with Crippen LogP contribution in [0.1, 0.15) is 23.8 Å². The van der Waals surface area contributed by atoms with Crippen molar-refractivity contribution in [2.24, 2.45) is 0 Å². The number of hydrogen-bond donors (Lipinski definition) is 0. The van der Waals surface area contributed by atoms with E-state index < -0.39 is 0 Å². The number of likely N-dealkylation sites (tertiary alicyclic amines) is 1. The van der Waals surface area contributed by atoms with Crippen LogP contribution >= 0.6 is 11.8 Å². The van der Waals surface area contributed by atoms with Crippen molar-refractivity contribution in [2.45, 2.75) is 24.2 Å². The van der Waals surface area contributed by atoms with Crippen LogP contribution in [-0.4, -0.2) is 52.1 Å². The molecule has 0 radical (unpaired) electrons. The number of ether oxygens (including phenoxy) is 1. The van der Waals surface area contributed by atoms with Gasteiger partial charge in [-0.15, -0.1) is 11.8 Å². The Bertz CT molecular complexity index is 460. The lowest BCUT2D eigenvalue weighted by Crippen LogP contribution is -2.60. The van der Waals surface area contributed by atoms with Gasteiger partial charge in [-0.1, -0.05) is 6.07 Å². The molecule has 0 aromatic carbocycles. The molecule has 0 aliphatic carbocycles. The molecule has 2 aliphatic heterocycles. The third-order valence-electron chi connectivity index (χ3n) is 3.71. The number of amides is 1. The average Bonchev–Trinajstić information content (AvgIpc) is 2.82. The van der Waals surface area contributed by atoms with Crippen LogP contribution in [0.2, 0.25) is 0 Å². The first-order valence-corrected chi connectivity index (χ1v) is 7.67. The van der Waals surface area contributed by atoms with Crippen molar-refractivity contribution in [3.05, 3.63) is 30.1 Å². The summed E-state index contributed by atoms with van der Waals surface area (Å²) in [6.07, 6.45) is 3.09. The first kappa shape index (κ1) is 12.9. The highest BCUT2D eigenvalue weighted by Gasteiger charge is 2.51. The number of carbonyl (C=O) groups excluding carboxylic acids is 1. The standard InChI is InChI=1S/C14H18N2O2S/c1-2-18-11-7-14(19-8-11)9-16(10-14)13(17)12-5-3-4-6-15-12/h3-6,11H,2,7-10H2,1H3/t11-/m0/s1. The molecule has 1 spiro atoms. The van der Waals surface area contributed by atoms with Gasteiger partial charge in [-0.05, 0) is 25.5 Å². The number of carbonyl (C=O) groups is 1. The molecule has 1 aromatic rings. The van der Waals surface area contributed by atoms with Crippen molar-refractivity contribution in [1.29, 1.82) is 0 Å². The van der Waals surface area contributed by atoms with E-state index in [0.717, 1.165) is 31.9 Å². The van der Waals surface area contributed by atoms with E-state index in [1.807, 2.05) is 35.7 Å². The molecule has 1 amide bonds. The lowest BCUT2D eigenvalue weighted by Gasteiger charge is -2.47. The second-order valence-electron chi connectivity index (χ2n) is 5.15. The number of rotatable bonds is 3. The number of thioether (sulfide) groups is 1. The van der Waals surface area contributed by atoms with Gasteiger partial charge in [0.1, 0.15) is 5.69 Å². The summed E-state index contributed by atoms with van der Waals surface area (Å²) in [4.78, 5) is 18.2. The molecule has 3 heterocycles. The molecule has 0 unspecified atom stereocenters. The molecule has 4 nitrogen and oxygen atoms in total. The van der Waals surface area contributed by atoms with Gasteiger partial charge in [-0.3, -0.25) is 9.78 Å². The highest BCUT2D eigenvalue weighted by atomic mass is 32.2. The Labute approximate surface area is 117 Å². The van der Waals surface area contributed by atoms with E-state index in [4.69, 9.17) is 4.74 Å². The number of nitrogens with zero attached hydrogens (tertiary/aromatic N) is 2. The summed E-state index contributed by atoms with van der Waals surface area (Å²) in [6.45, 7) is 4.47. The Balaban J connectivity index is 1.57. The van der Waals surface area contributed by atoms with Crippen molar-refractivity contribution in [1.82, 2.24) is 9.88 Å². The minimum absolute atomic E-state index is 0.0479. The molecule has 5 heteroatoms. The minimum atomic E-state index is 0.0479. The zero-order valence-electron chi connectivity index (χ0n) is 11.0. The van der Waals surface area contributed by atoms with Crippen molar-refractivity contribution in [2.75, 3.05) is 25.4 Å². The zero-order chi connectivity index (χ0) is 13.3. The van der Waals surface area contributed by atoms with Gasteiger partial charge in [0, 0.05) is 31.6 Å². The van der Waals surface area contributed by atoms with Gasteiger partial charge < -0.3 is 9.64 Å². The van der Waals surface area contributed by atoms with E-state index in [0.29, 0.717) is 11.8 Å². The van der Waals surface area contributed by atoms with E-state index in [9.17, 15) is 4.79 Å². The highest BCUT2D eigenvalue weighted by Crippen LogP contribution is 2.46. The second-order valence-corrected chi connectivity index (χ2v) is 6.64. The van der Waals surface area contributed by atoms with E-state index in [1.165, 1.54) is 0 Å². The maximum absolute atomic E-state index is 12.2. The zero-order valence-corrected chi connectivity index (χ0v) is 11.9. The van der Waals surface area contributed by atoms with Crippen LogP contribution in [0.25, 0.3) is 0 Å². The normalized spacial score (nSPS) is 24.5. The average molecular weight is 278 g/mol. The van der Waals surface area contributed by atoms with E-state index >= 15 is 0 Å². The van der Waals surface area contributed by atoms with Crippen molar-refractivity contribution in [3.63, 3.8) is 0 Å². The lowest BCUT2D eigenvalue weighted by atomic mass is 9.92. The fourth-order valence-electron chi connectivity index (χ4n) is 2.81. The van der Waals surface area contributed by atoms with Gasteiger partial charge in [0.05, 0.1) is 10.9 Å². The molecular formula is C14H18N2O2S. The summed E-state index contributed by atoms with van der Waals surface area (Å²) < 4.78 is 5.92. The Kier molecular flexibility index (Phi) is 3.50. The SMILES string of the molecule is CCO[C@@H]1CSC2(C1)CN(C(=O)c1ccccn1)C2. The van der Waals surface area contributed by atoms with Gasteiger partial charge in [0.15, 0.2) is 0 Å². The van der Waals surface area contributed by atoms with E-state index in [1.54, 1.807) is 12.3 Å². The molecular weight excluding hydrogens is 260 g/mol. The Hall–Kier alpha value is -1.07. The third-order valence-corrected chi connectivity index (χ3v) is 5.28. The first-order chi connectivity index (χ1) is 9.22. The van der Waals surface area contributed by atoms with Crippen LogP contribution < -0.4 is 0 Å². The third kappa shape index (κ3) is 2.49. The summed E-state index contributed by atoms with van der Waals surface area (Å²) in [6, 6.07) is 5.46. The summed E-state index contributed by atoms with van der Waals surface area (Å²) >= 11 is 1.96. The monoisotopic (exact) mass is 278 g/mol. The van der Waals surface area contributed by atoms with Crippen molar-refractivity contribution < 1.29 is 9.53 Å². The van der Waals surface area contributed by atoms with Crippen molar-refractivity contribution >= 4 is 17.7 Å². The van der Waals surface area contributed by atoms with Gasteiger partial charge in [0.2, 0.25) is 0 Å². The molecule has 0 N–H and O–H groups in total. The van der Waals surface area contributed by atoms with Crippen LogP contribution in [0, 0.1) is 0 Å². The number of aromatic nitrogens is 1. The quantitative estimate of drug-likeness (QED) is 0.846. The Morgan fingerprint density at radius 3 is 3.11 bits per heavy atom. The summed E-state index contributed by atoms with van der Waals surface area (Å²) in [5, 5.41) is 0. The maximum atomic E-state index is 12.2. The molecule has 2 aliphatic rings. The summed E-state index contributed by atoms with van der Waals surface area (Å²) in [7, 11) is 0. The number of pyridine rings is 1. The first-order valence-electron chi connectivity index (χ1n) is 6.68. The molecule has 0 saturated carbocycles. The highest BCUT2D eigenvalue weighted by molar-refractivity contribution is 8.01. The van der Waals surface area contributed by atoms with Crippen LogP contribution in [0.5, 0.6) is 0 Å². The van der Waals surface area contributed by atoms with Crippen LogP contribution in [-0.2, 0) is 4.74 Å². The molecule has 2 fully saturated rings. The molecule has 3 rings (SSSR count). The molecule has 0 bridgehead atoms. The largest absolute Gasteiger partial charge is 0.378 e. The van der Waals surface area contributed by atoms with Crippen LogP contribution in [0.3, 0.4) is 0 Å². The predicted octanol–water partition coefficient (Wildman–Crippen LogP) is 1.82. The fraction of sp³-hybridized carbons (Fsp3) is 0.571. The second kappa shape index (κ2) is 5.13. The van der Waals surface area contributed by atoms with E-state index in [-0.39, 0.29) is 10.7 Å². The molecule has 102 valence electrons. The van der Waals surface area contributed by atoms with Gasteiger partial charge in [0.25, 0.3) is 5.91 Å². The molecule has 2 saturated heterocycles. The lowest BCUT2D eigenvalue weighted by molar-refractivity contribution is 0.0355. The molecule has 19 heavy (non-hydrogen) atoms. The fourth-order valence-corrected chi connectivity index (χ4v) is 4.36. The topological polar surface area (TPSA) is 42.4 Å². The Morgan fingerprint density at radius 1 is 1.58 bits per heavy atom. The minimum Gasteiger partial charge on any atom is -0.378 e. The van der Waals surface area contributed by atoms with Crippen LogP contribution in [0.4, 0.5) is 0 Å². The predicted molar refractivity (Wildman–Crippen MR) is 75.4 cm³/mol. The van der Waals surface area contributed by atoms with Crippen LogP contribution in [0.15, 0.2) is 24.4 Å². The van der Waals surface area contributed by atoms with Gasteiger partial charge >= 0.3 is 0 Å². The summed E-state index contributed by atoms with van der Waals surface area (Å²) in [5.41, 5.74) is 0.543. The van der Waals surface area contributed by atoms with E-state index in [2.05, 4.69) is 4.98 Å². The number of hydrogen-bond acceptors (Lipinski definition) is 4. The smallest absolute Gasteiger partial charge is 0.272 e.